The van der Waals surface area contributed by atoms with Crippen molar-refractivity contribution in [3.8, 4) is 0 Å². The molecule has 0 spiro atoms. The lowest BCUT2D eigenvalue weighted by Crippen LogP contribution is -2.45. The molecule has 1 aliphatic carbocycles. The molecule has 4 nitrogen and oxygen atoms in total. The summed E-state index contributed by atoms with van der Waals surface area (Å²) in [5, 5.41) is 13.5. The van der Waals surface area contributed by atoms with Gasteiger partial charge in [0.05, 0.1) is 0 Å². The van der Waals surface area contributed by atoms with E-state index in [1.807, 2.05) is 11.1 Å². The number of hydrogen-bond acceptors (Lipinski definition) is 3. The Labute approximate surface area is 102 Å². The first-order valence-electron chi connectivity index (χ1n) is 6.51. The van der Waals surface area contributed by atoms with Gasteiger partial charge in [0.15, 0.2) is 0 Å². The first-order valence-corrected chi connectivity index (χ1v) is 6.51. The van der Waals surface area contributed by atoms with Crippen molar-refractivity contribution in [3.63, 3.8) is 0 Å². The average molecular weight is 232 g/mol. The number of allylic oxidation sites excluding steroid dienone is 1. The minimum Gasteiger partial charge on any atom is -0.344 e. The molecule has 4 heteroatoms. The molecule has 0 aromatic rings. The lowest BCUT2D eigenvalue weighted by molar-refractivity contribution is 0.384. The molecular formula is C13H20N4. The summed E-state index contributed by atoms with van der Waals surface area (Å²) in [6.07, 6.45) is 5.85. The van der Waals surface area contributed by atoms with Crippen molar-refractivity contribution < 1.29 is 0 Å². The zero-order chi connectivity index (χ0) is 12.0. The molecule has 0 saturated heterocycles. The Morgan fingerprint density at radius 1 is 1.53 bits per heavy atom. The Morgan fingerprint density at radius 2 is 2.29 bits per heavy atom. The summed E-state index contributed by atoms with van der Waals surface area (Å²) in [6, 6.07) is 0. The van der Waals surface area contributed by atoms with Gasteiger partial charge in [-0.05, 0) is 37.7 Å². The molecule has 1 fully saturated rings. The van der Waals surface area contributed by atoms with E-state index in [1.54, 1.807) is 0 Å². The van der Waals surface area contributed by atoms with Gasteiger partial charge in [0.2, 0.25) is 0 Å². The Bertz CT molecular complexity index is 417. The number of nitrogens with zero attached hydrogens (tertiary/aromatic N) is 1. The van der Waals surface area contributed by atoms with E-state index in [-0.39, 0.29) is 0 Å². The molecule has 3 N–H and O–H groups in total. The highest BCUT2D eigenvalue weighted by Gasteiger charge is 2.36. The Hall–Kier alpha value is -1.29. The number of hydrazine groups is 1. The summed E-state index contributed by atoms with van der Waals surface area (Å²) < 4.78 is 0. The predicted molar refractivity (Wildman–Crippen MR) is 68.0 cm³/mol. The zero-order valence-electron chi connectivity index (χ0n) is 10.5. The van der Waals surface area contributed by atoms with Gasteiger partial charge >= 0.3 is 0 Å². The Balaban J connectivity index is 1.88. The maximum atomic E-state index is 8.08. The Morgan fingerprint density at radius 3 is 2.94 bits per heavy atom. The van der Waals surface area contributed by atoms with E-state index < -0.39 is 0 Å². The van der Waals surface area contributed by atoms with Crippen LogP contribution < -0.4 is 10.7 Å². The first kappa shape index (κ1) is 10.8. The van der Waals surface area contributed by atoms with Crippen LogP contribution in [-0.4, -0.2) is 17.4 Å². The smallest absolute Gasteiger partial charge is 0.142 e. The maximum absolute atomic E-state index is 8.08. The third-order valence-corrected chi connectivity index (χ3v) is 3.96. The third-order valence-electron chi connectivity index (χ3n) is 3.96. The third kappa shape index (κ3) is 1.76. The van der Waals surface area contributed by atoms with Crippen molar-refractivity contribution in [2.24, 2.45) is 11.8 Å². The van der Waals surface area contributed by atoms with Crippen LogP contribution >= 0.6 is 0 Å². The van der Waals surface area contributed by atoms with Gasteiger partial charge in [-0.25, -0.2) is 10.4 Å². The summed E-state index contributed by atoms with van der Waals surface area (Å²) in [5.41, 5.74) is 5.74. The van der Waals surface area contributed by atoms with E-state index in [2.05, 4.69) is 24.6 Å². The fourth-order valence-corrected chi connectivity index (χ4v) is 2.81. The van der Waals surface area contributed by atoms with E-state index in [0.717, 1.165) is 24.7 Å². The molecule has 1 saturated carbocycles. The number of nitrogens with one attached hydrogen (secondary N) is 3. The van der Waals surface area contributed by atoms with Gasteiger partial charge in [-0.3, -0.25) is 5.41 Å². The van der Waals surface area contributed by atoms with Crippen LogP contribution in [0.2, 0.25) is 0 Å². The second kappa shape index (κ2) is 3.88. The molecule has 2 heterocycles. The molecule has 3 aliphatic rings. The lowest BCUT2D eigenvalue weighted by Gasteiger charge is -2.31. The van der Waals surface area contributed by atoms with Crippen molar-refractivity contribution >= 4 is 5.84 Å². The molecular weight excluding hydrogens is 212 g/mol. The summed E-state index contributed by atoms with van der Waals surface area (Å²) in [4.78, 5) is 0. The van der Waals surface area contributed by atoms with Gasteiger partial charge in [-0.15, -0.1) is 0 Å². The van der Waals surface area contributed by atoms with E-state index in [0.29, 0.717) is 11.8 Å². The molecule has 2 aliphatic heterocycles. The molecule has 17 heavy (non-hydrogen) atoms. The van der Waals surface area contributed by atoms with Gasteiger partial charge in [-0.1, -0.05) is 6.92 Å². The molecule has 0 radical (unpaired) electrons. The molecule has 3 rings (SSSR count). The zero-order valence-corrected chi connectivity index (χ0v) is 10.5. The second-order valence-electron chi connectivity index (χ2n) is 5.26. The van der Waals surface area contributed by atoms with Crippen LogP contribution in [0, 0.1) is 17.2 Å². The quantitative estimate of drug-likeness (QED) is 0.697. The van der Waals surface area contributed by atoms with Crippen molar-refractivity contribution in [2.45, 2.75) is 33.1 Å². The van der Waals surface area contributed by atoms with Crippen LogP contribution in [0.15, 0.2) is 23.2 Å². The van der Waals surface area contributed by atoms with Crippen molar-refractivity contribution in [3.05, 3.63) is 23.2 Å². The molecule has 92 valence electrons. The van der Waals surface area contributed by atoms with E-state index >= 15 is 0 Å². The van der Waals surface area contributed by atoms with Crippen LogP contribution in [0.3, 0.4) is 0 Å². The SMILES string of the molecule is CC[C@@H](C1=CC(=N)N2NCC(C)=C2N1)C1CC1. The highest BCUT2D eigenvalue weighted by Crippen LogP contribution is 2.42. The van der Waals surface area contributed by atoms with Crippen LogP contribution in [-0.2, 0) is 0 Å². The summed E-state index contributed by atoms with van der Waals surface area (Å²) in [6.45, 7) is 5.20. The first-order chi connectivity index (χ1) is 8.20. The molecule has 1 atom stereocenters. The van der Waals surface area contributed by atoms with Gasteiger partial charge < -0.3 is 5.32 Å². The molecule has 0 bridgehead atoms. The number of amidine groups is 1. The fourth-order valence-electron chi connectivity index (χ4n) is 2.81. The van der Waals surface area contributed by atoms with E-state index in [9.17, 15) is 0 Å². The van der Waals surface area contributed by atoms with Crippen LogP contribution in [0.1, 0.15) is 33.1 Å². The van der Waals surface area contributed by atoms with Crippen LogP contribution in [0.4, 0.5) is 0 Å². The summed E-state index contributed by atoms with van der Waals surface area (Å²) in [7, 11) is 0. The Kier molecular flexibility index (Phi) is 2.47. The fraction of sp³-hybridized carbons (Fsp3) is 0.615. The van der Waals surface area contributed by atoms with Crippen molar-refractivity contribution in [1.29, 1.82) is 5.41 Å². The number of hydrogen-bond donors (Lipinski definition) is 3. The summed E-state index contributed by atoms with van der Waals surface area (Å²) >= 11 is 0. The topological polar surface area (TPSA) is 51.2 Å². The van der Waals surface area contributed by atoms with Crippen molar-refractivity contribution in [1.82, 2.24) is 15.8 Å². The summed E-state index contributed by atoms with van der Waals surface area (Å²) in [5.74, 6) is 3.09. The van der Waals surface area contributed by atoms with Crippen LogP contribution in [0.5, 0.6) is 0 Å². The van der Waals surface area contributed by atoms with Gasteiger partial charge in [0.25, 0.3) is 0 Å². The van der Waals surface area contributed by atoms with Gasteiger partial charge in [0, 0.05) is 24.2 Å². The highest BCUT2D eigenvalue weighted by molar-refractivity contribution is 5.93. The maximum Gasteiger partial charge on any atom is 0.142 e. The normalized spacial score (nSPS) is 25.6. The monoisotopic (exact) mass is 232 g/mol. The lowest BCUT2D eigenvalue weighted by atomic mass is 9.95. The molecule has 0 amide bonds. The molecule has 0 unspecified atom stereocenters. The largest absolute Gasteiger partial charge is 0.344 e. The minimum atomic E-state index is 0.560. The average Bonchev–Trinajstić information content (AvgIpc) is 3.06. The second-order valence-corrected chi connectivity index (χ2v) is 5.26. The molecule has 0 aromatic heterocycles. The van der Waals surface area contributed by atoms with E-state index in [4.69, 9.17) is 5.41 Å². The molecule has 0 aromatic carbocycles. The van der Waals surface area contributed by atoms with Crippen LogP contribution in [0.25, 0.3) is 0 Å². The minimum absolute atomic E-state index is 0.560. The number of rotatable bonds is 3. The van der Waals surface area contributed by atoms with Crippen molar-refractivity contribution in [2.75, 3.05) is 6.54 Å². The predicted octanol–water partition coefficient (Wildman–Crippen LogP) is 1.94. The van der Waals surface area contributed by atoms with Gasteiger partial charge in [0.1, 0.15) is 11.7 Å². The number of fused-ring (bicyclic) bond motifs is 1. The van der Waals surface area contributed by atoms with Gasteiger partial charge in [-0.2, -0.15) is 0 Å². The highest BCUT2D eigenvalue weighted by atomic mass is 15.6. The standard InChI is InChI=1S/C13H20N4/c1-3-10(9-4-5-9)11-6-12(14)17-13(16-11)8(2)7-15-17/h6,9-10,14-16H,3-5,7H2,1-2H3/t10-/m1/s1. The van der Waals surface area contributed by atoms with E-state index in [1.165, 1.54) is 24.1 Å².